The predicted octanol–water partition coefficient (Wildman–Crippen LogP) is 4.77. The van der Waals surface area contributed by atoms with Crippen LogP contribution in [0.3, 0.4) is 0 Å². The largest absolute Gasteiger partial charge is 0.393 e. The number of halogens is 4. The summed E-state index contributed by atoms with van der Waals surface area (Å²) in [6, 6.07) is 5.19. The van der Waals surface area contributed by atoms with Gasteiger partial charge >= 0.3 is 5.92 Å². The van der Waals surface area contributed by atoms with Gasteiger partial charge in [0.25, 0.3) is 11.8 Å². The molecule has 2 saturated heterocycles. The van der Waals surface area contributed by atoms with Gasteiger partial charge in [-0.15, -0.1) is 0 Å². The van der Waals surface area contributed by atoms with Gasteiger partial charge in [-0.05, 0) is 80.5 Å². The number of aliphatic hydroxyl groups excluding tert-OH is 1. The van der Waals surface area contributed by atoms with Crippen molar-refractivity contribution in [2.24, 2.45) is 5.92 Å². The maximum Gasteiger partial charge on any atom is 0.352 e. The monoisotopic (exact) mass is 478 g/mol. The van der Waals surface area contributed by atoms with Gasteiger partial charge in [0, 0.05) is 23.3 Å². The summed E-state index contributed by atoms with van der Waals surface area (Å²) < 4.78 is 58.9. The first kappa shape index (κ1) is 24.2. The summed E-state index contributed by atoms with van der Waals surface area (Å²) in [4.78, 5) is 26.8. The Balaban J connectivity index is 1.61. The number of rotatable bonds is 4. The van der Waals surface area contributed by atoms with Crippen LogP contribution in [-0.4, -0.2) is 40.0 Å². The minimum Gasteiger partial charge on any atom is -0.393 e. The fraction of sp³-hybridized carbons (Fsp3) is 0.440. The first-order chi connectivity index (χ1) is 16.0. The molecule has 0 spiro atoms. The first-order valence-electron chi connectivity index (χ1n) is 11.2. The standard InChI is InChI=1S/C25H26F4N2O3/c1-13-3-6-17-11-18(32)12-22(13)31(17)24(34)25(28,29)19-10-15(4-7-21(19)27)23(33)30-16-5-8-20(26)14(2)9-16/h4-5,7-10,13,17-18,22,32H,3,6,11-12H2,1-2H3,(H,30,33)/t13-,17+,18+,22+/m1/s1. The lowest BCUT2D eigenvalue weighted by Crippen LogP contribution is -2.61. The van der Waals surface area contributed by atoms with Crippen molar-refractivity contribution in [3.63, 3.8) is 0 Å². The Kier molecular flexibility index (Phi) is 6.42. The van der Waals surface area contributed by atoms with Crippen molar-refractivity contribution in [2.75, 3.05) is 5.32 Å². The third kappa shape index (κ3) is 4.41. The van der Waals surface area contributed by atoms with E-state index < -0.39 is 53.1 Å². The Morgan fingerprint density at radius 2 is 1.76 bits per heavy atom. The molecule has 2 aromatic rings. The SMILES string of the molecule is Cc1cc(NC(=O)c2ccc(F)c(C(F)(F)C(=O)N3[C@H]4CC[C@@H](C)[C@@H]3C[C@@H](O)C4)c2)ccc1F. The van der Waals surface area contributed by atoms with Crippen molar-refractivity contribution in [2.45, 2.75) is 63.6 Å². The number of piperidine rings is 2. The molecule has 2 heterocycles. The summed E-state index contributed by atoms with van der Waals surface area (Å²) in [6.45, 7) is 3.35. The van der Waals surface area contributed by atoms with E-state index in [-0.39, 0.29) is 35.6 Å². The number of fused-ring (bicyclic) bond motifs is 2. The zero-order valence-corrected chi connectivity index (χ0v) is 18.8. The van der Waals surface area contributed by atoms with E-state index in [9.17, 15) is 23.5 Å². The van der Waals surface area contributed by atoms with Crippen molar-refractivity contribution in [3.8, 4) is 0 Å². The Hall–Kier alpha value is -2.94. The van der Waals surface area contributed by atoms with Crippen molar-refractivity contribution in [3.05, 3.63) is 64.7 Å². The lowest BCUT2D eigenvalue weighted by atomic mass is 9.76. The van der Waals surface area contributed by atoms with E-state index in [1.807, 2.05) is 6.92 Å². The number of aliphatic hydroxyl groups is 1. The quantitative estimate of drug-likeness (QED) is 0.623. The molecule has 9 heteroatoms. The van der Waals surface area contributed by atoms with E-state index in [2.05, 4.69) is 5.32 Å². The first-order valence-corrected chi connectivity index (χ1v) is 11.2. The summed E-state index contributed by atoms with van der Waals surface area (Å²) in [5, 5.41) is 12.6. The van der Waals surface area contributed by atoms with Crippen LogP contribution in [0.5, 0.6) is 0 Å². The molecule has 0 unspecified atom stereocenters. The van der Waals surface area contributed by atoms with Gasteiger partial charge < -0.3 is 15.3 Å². The molecular weight excluding hydrogens is 452 g/mol. The molecule has 2 fully saturated rings. The van der Waals surface area contributed by atoms with Gasteiger partial charge in [-0.25, -0.2) is 8.78 Å². The number of carbonyl (C=O) groups excluding carboxylic acids is 2. The van der Waals surface area contributed by atoms with Gasteiger partial charge in [-0.1, -0.05) is 6.92 Å². The fourth-order valence-corrected chi connectivity index (χ4v) is 5.02. The molecule has 2 N–H and O–H groups in total. The van der Waals surface area contributed by atoms with Gasteiger partial charge in [0.1, 0.15) is 11.6 Å². The normalized spacial score (nSPS) is 24.6. The average molecular weight is 478 g/mol. The molecule has 4 atom stereocenters. The van der Waals surface area contributed by atoms with Gasteiger partial charge in [0.15, 0.2) is 0 Å². The molecule has 5 nitrogen and oxygen atoms in total. The number of amides is 2. The second-order valence-electron chi connectivity index (χ2n) is 9.30. The van der Waals surface area contributed by atoms with Crippen LogP contribution in [0, 0.1) is 24.5 Å². The Morgan fingerprint density at radius 3 is 2.47 bits per heavy atom. The second-order valence-corrected chi connectivity index (χ2v) is 9.30. The second kappa shape index (κ2) is 9.02. The predicted molar refractivity (Wildman–Crippen MR) is 117 cm³/mol. The molecule has 2 bridgehead atoms. The highest BCUT2D eigenvalue weighted by Crippen LogP contribution is 2.42. The van der Waals surface area contributed by atoms with Crippen LogP contribution in [0.15, 0.2) is 36.4 Å². The van der Waals surface area contributed by atoms with Crippen molar-refractivity contribution >= 4 is 17.5 Å². The maximum atomic E-state index is 15.4. The number of alkyl halides is 2. The van der Waals surface area contributed by atoms with Crippen LogP contribution < -0.4 is 5.32 Å². The van der Waals surface area contributed by atoms with E-state index in [1.165, 1.54) is 19.1 Å². The van der Waals surface area contributed by atoms with Crippen LogP contribution in [0.2, 0.25) is 0 Å². The van der Waals surface area contributed by atoms with Crippen LogP contribution in [0.1, 0.15) is 54.1 Å². The minimum absolute atomic E-state index is 0.0768. The Morgan fingerprint density at radius 1 is 1.06 bits per heavy atom. The van der Waals surface area contributed by atoms with Crippen LogP contribution in [-0.2, 0) is 10.7 Å². The number of hydrogen-bond acceptors (Lipinski definition) is 3. The summed E-state index contributed by atoms with van der Waals surface area (Å²) in [7, 11) is 0. The van der Waals surface area contributed by atoms with Gasteiger partial charge in [-0.2, -0.15) is 8.78 Å². The van der Waals surface area contributed by atoms with E-state index in [4.69, 9.17) is 0 Å². The number of aryl methyl sites for hydroxylation is 1. The average Bonchev–Trinajstić information content (AvgIpc) is 2.78. The molecule has 182 valence electrons. The highest BCUT2D eigenvalue weighted by atomic mass is 19.3. The number of nitrogens with one attached hydrogen (secondary N) is 1. The molecule has 2 amide bonds. The number of nitrogens with zero attached hydrogens (tertiary/aromatic N) is 1. The van der Waals surface area contributed by atoms with Gasteiger partial charge in [0.05, 0.1) is 11.7 Å². The topological polar surface area (TPSA) is 69.6 Å². The Labute approximate surface area is 194 Å². The summed E-state index contributed by atoms with van der Waals surface area (Å²) >= 11 is 0. The smallest absolute Gasteiger partial charge is 0.352 e. The molecule has 0 aliphatic carbocycles. The Bertz CT molecular complexity index is 1120. The molecule has 2 aliphatic heterocycles. The van der Waals surface area contributed by atoms with Crippen molar-refractivity contribution < 1.29 is 32.3 Å². The number of carbonyl (C=O) groups is 2. The molecule has 0 saturated carbocycles. The van der Waals surface area contributed by atoms with E-state index in [0.717, 1.165) is 29.5 Å². The lowest BCUT2D eigenvalue weighted by molar-refractivity contribution is -0.175. The minimum atomic E-state index is -4.21. The number of benzene rings is 2. The highest BCUT2D eigenvalue weighted by molar-refractivity contribution is 6.04. The summed E-state index contributed by atoms with van der Waals surface area (Å²) in [5.74, 6) is -8.38. The third-order valence-electron chi connectivity index (χ3n) is 6.91. The lowest BCUT2D eigenvalue weighted by Gasteiger charge is -2.51. The highest BCUT2D eigenvalue weighted by Gasteiger charge is 2.53. The van der Waals surface area contributed by atoms with Crippen molar-refractivity contribution in [1.29, 1.82) is 0 Å². The molecule has 4 rings (SSSR count). The summed E-state index contributed by atoms with van der Waals surface area (Å²) in [5.41, 5.74) is -0.932. The number of hydrogen-bond donors (Lipinski definition) is 2. The molecule has 0 aromatic heterocycles. The van der Waals surface area contributed by atoms with Crippen molar-refractivity contribution in [1.82, 2.24) is 4.90 Å². The summed E-state index contributed by atoms with van der Waals surface area (Å²) in [6.07, 6.45) is 0.964. The van der Waals surface area contributed by atoms with E-state index in [1.54, 1.807) is 0 Å². The zero-order chi connectivity index (χ0) is 24.8. The zero-order valence-electron chi connectivity index (χ0n) is 18.8. The van der Waals surface area contributed by atoms with E-state index in [0.29, 0.717) is 12.5 Å². The fourth-order valence-electron chi connectivity index (χ4n) is 5.02. The van der Waals surface area contributed by atoms with Gasteiger partial charge in [-0.3, -0.25) is 9.59 Å². The maximum absolute atomic E-state index is 15.4. The molecule has 34 heavy (non-hydrogen) atoms. The third-order valence-corrected chi connectivity index (χ3v) is 6.91. The van der Waals surface area contributed by atoms with Gasteiger partial charge in [0.2, 0.25) is 0 Å². The van der Waals surface area contributed by atoms with E-state index >= 15 is 8.78 Å². The van der Waals surface area contributed by atoms with Crippen LogP contribution in [0.25, 0.3) is 0 Å². The van der Waals surface area contributed by atoms with Crippen LogP contribution >= 0.6 is 0 Å². The van der Waals surface area contributed by atoms with Crippen LogP contribution in [0.4, 0.5) is 23.2 Å². The molecule has 2 aromatic carbocycles. The molecule has 2 aliphatic rings. The molecule has 0 radical (unpaired) electrons. The molecular formula is C25H26F4N2O3. The number of anilines is 1.